The lowest BCUT2D eigenvalue weighted by atomic mass is 10.2. The fraction of sp³-hybridized carbons (Fsp3) is 0.471. The van der Waals surface area contributed by atoms with Crippen molar-refractivity contribution in [1.82, 2.24) is 24.6 Å². The molecule has 0 radical (unpaired) electrons. The predicted molar refractivity (Wildman–Crippen MR) is 89.9 cm³/mol. The van der Waals surface area contributed by atoms with E-state index in [1.54, 1.807) is 10.9 Å². The van der Waals surface area contributed by atoms with Crippen molar-refractivity contribution in [3.05, 3.63) is 36.3 Å². The Balaban J connectivity index is 1.61. The zero-order valence-electron chi connectivity index (χ0n) is 13.9. The molecule has 0 saturated carbocycles. The number of likely N-dealkylation sites (tertiary alicyclic amines) is 1. The van der Waals surface area contributed by atoms with Crippen LogP contribution in [0.5, 0.6) is 0 Å². The Morgan fingerprint density at radius 1 is 1.25 bits per heavy atom. The smallest absolute Gasteiger partial charge is 0.256 e. The molecule has 2 amide bonds. The number of aryl methyl sites for hydroxylation is 1. The van der Waals surface area contributed by atoms with Crippen molar-refractivity contribution in [1.29, 1.82) is 0 Å². The Morgan fingerprint density at radius 3 is 2.83 bits per heavy atom. The molecule has 1 N–H and O–H groups in total. The average molecular weight is 329 g/mol. The van der Waals surface area contributed by atoms with Gasteiger partial charge in [-0.3, -0.25) is 14.3 Å². The van der Waals surface area contributed by atoms with Gasteiger partial charge in [0.1, 0.15) is 11.4 Å². The van der Waals surface area contributed by atoms with Gasteiger partial charge in [0.05, 0.1) is 6.20 Å². The Hall–Kier alpha value is -2.57. The molecule has 0 aliphatic carbocycles. The first kappa shape index (κ1) is 16.3. The first-order chi connectivity index (χ1) is 11.7. The second-order valence-corrected chi connectivity index (χ2v) is 6.04. The highest BCUT2D eigenvalue weighted by atomic mass is 16.2. The SMILES string of the molecule is Cn1ncc(C(=O)NCCN2CCCCCC2=O)c1-n1cccc1. The predicted octanol–water partition coefficient (Wildman–Crippen LogP) is 1.34. The highest BCUT2D eigenvalue weighted by molar-refractivity contribution is 5.97. The van der Waals surface area contributed by atoms with Crippen molar-refractivity contribution >= 4 is 11.8 Å². The normalized spacial score (nSPS) is 15.4. The van der Waals surface area contributed by atoms with E-state index >= 15 is 0 Å². The summed E-state index contributed by atoms with van der Waals surface area (Å²) in [6.07, 6.45) is 9.06. The van der Waals surface area contributed by atoms with Crippen molar-refractivity contribution in [2.75, 3.05) is 19.6 Å². The van der Waals surface area contributed by atoms with Gasteiger partial charge in [0.2, 0.25) is 5.91 Å². The summed E-state index contributed by atoms with van der Waals surface area (Å²) in [6, 6.07) is 3.80. The minimum absolute atomic E-state index is 0.172. The third kappa shape index (κ3) is 3.50. The van der Waals surface area contributed by atoms with Crippen LogP contribution in [0.3, 0.4) is 0 Å². The molecule has 1 aliphatic rings. The lowest BCUT2D eigenvalue weighted by Gasteiger charge is -2.20. The minimum atomic E-state index is -0.172. The summed E-state index contributed by atoms with van der Waals surface area (Å²) in [5, 5.41) is 7.09. The minimum Gasteiger partial charge on any atom is -0.350 e. The van der Waals surface area contributed by atoms with Crippen LogP contribution in [0.25, 0.3) is 5.82 Å². The average Bonchev–Trinajstić information content (AvgIpc) is 3.16. The first-order valence-corrected chi connectivity index (χ1v) is 8.38. The van der Waals surface area contributed by atoms with Gasteiger partial charge < -0.3 is 14.8 Å². The molecular formula is C17H23N5O2. The molecule has 2 aromatic heterocycles. The maximum absolute atomic E-state index is 12.5. The molecule has 0 spiro atoms. The zero-order valence-corrected chi connectivity index (χ0v) is 13.9. The van der Waals surface area contributed by atoms with Crippen LogP contribution in [0, 0.1) is 0 Å². The van der Waals surface area contributed by atoms with Crippen LogP contribution < -0.4 is 5.32 Å². The quantitative estimate of drug-likeness (QED) is 0.900. The number of hydrogen-bond acceptors (Lipinski definition) is 3. The molecule has 1 fully saturated rings. The highest BCUT2D eigenvalue weighted by Crippen LogP contribution is 2.14. The summed E-state index contributed by atoms with van der Waals surface area (Å²) in [5.74, 6) is 0.744. The van der Waals surface area contributed by atoms with Crippen molar-refractivity contribution in [3.8, 4) is 5.82 Å². The fourth-order valence-corrected chi connectivity index (χ4v) is 3.05. The highest BCUT2D eigenvalue weighted by Gasteiger charge is 2.19. The van der Waals surface area contributed by atoms with Gasteiger partial charge in [0.15, 0.2) is 0 Å². The second-order valence-electron chi connectivity index (χ2n) is 6.04. The molecule has 24 heavy (non-hydrogen) atoms. The molecule has 0 aromatic carbocycles. The van der Waals surface area contributed by atoms with E-state index in [1.165, 1.54) is 0 Å². The van der Waals surface area contributed by atoms with Gasteiger partial charge >= 0.3 is 0 Å². The maximum Gasteiger partial charge on any atom is 0.256 e. The van der Waals surface area contributed by atoms with Crippen LogP contribution in [0.2, 0.25) is 0 Å². The lowest BCUT2D eigenvalue weighted by molar-refractivity contribution is -0.130. The second kappa shape index (κ2) is 7.33. The summed E-state index contributed by atoms with van der Waals surface area (Å²) < 4.78 is 3.54. The molecular weight excluding hydrogens is 306 g/mol. The van der Waals surface area contributed by atoms with Gasteiger partial charge in [0, 0.05) is 45.5 Å². The van der Waals surface area contributed by atoms with E-state index in [4.69, 9.17) is 0 Å². The number of amides is 2. The van der Waals surface area contributed by atoms with E-state index in [1.807, 2.05) is 41.0 Å². The van der Waals surface area contributed by atoms with E-state index in [2.05, 4.69) is 10.4 Å². The van der Waals surface area contributed by atoms with Crippen LogP contribution in [0.15, 0.2) is 30.7 Å². The largest absolute Gasteiger partial charge is 0.350 e. The van der Waals surface area contributed by atoms with E-state index in [0.717, 1.165) is 31.6 Å². The zero-order chi connectivity index (χ0) is 16.9. The maximum atomic E-state index is 12.5. The van der Waals surface area contributed by atoms with Gasteiger partial charge in [-0.25, -0.2) is 0 Å². The van der Waals surface area contributed by atoms with Crippen LogP contribution in [-0.2, 0) is 11.8 Å². The van der Waals surface area contributed by atoms with Gasteiger partial charge in [0.25, 0.3) is 5.91 Å². The fourth-order valence-electron chi connectivity index (χ4n) is 3.05. The molecule has 7 nitrogen and oxygen atoms in total. The Labute approximate surface area is 141 Å². The summed E-state index contributed by atoms with van der Waals surface area (Å²) in [7, 11) is 1.81. The van der Waals surface area contributed by atoms with E-state index in [-0.39, 0.29) is 11.8 Å². The van der Waals surface area contributed by atoms with Crippen LogP contribution in [0.4, 0.5) is 0 Å². The number of nitrogens with one attached hydrogen (secondary N) is 1. The van der Waals surface area contributed by atoms with Gasteiger partial charge in [-0.05, 0) is 25.0 Å². The van der Waals surface area contributed by atoms with E-state index in [9.17, 15) is 9.59 Å². The van der Waals surface area contributed by atoms with Crippen molar-refractivity contribution in [2.45, 2.75) is 25.7 Å². The van der Waals surface area contributed by atoms with Crippen LogP contribution in [-0.4, -0.2) is 50.7 Å². The van der Waals surface area contributed by atoms with Gasteiger partial charge in [-0.1, -0.05) is 6.42 Å². The summed E-state index contributed by atoms with van der Waals surface area (Å²) in [4.78, 5) is 26.3. The number of hydrogen-bond donors (Lipinski definition) is 1. The molecule has 0 atom stereocenters. The van der Waals surface area contributed by atoms with Gasteiger partial charge in [-0.2, -0.15) is 5.10 Å². The molecule has 0 bridgehead atoms. The lowest BCUT2D eigenvalue weighted by Crippen LogP contribution is -2.38. The van der Waals surface area contributed by atoms with Crippen LogP contribution >= 0.6 is 0 Å². The van der Waals surface area contributed by atoms with Crippen LogP contribution in [0.1, 0.15) is 36.0 Å². The molecule has 2 aromatic rings. The molecule has 3 heterocycles. The summed E-state index contributed by atoms with van der Waals surface area (Å²) in [6.45, 7) is 1.80. The standard InChI is InChI=1S/C17H23N5O2/c1-20-17(22-10-5-6-11-22)14(13-19-20)16(24)18-8-12-21-9-4-2-3-7-15(21)23/h5-6,10-11,13H,2-4,7-9,12H2,1H3,(H,18,24). The first-order valence-electron chi connectivity index (χ1n) is 8.38. The third-order valence-corrected chi connectivity index (χ3v) is 4.34. The van der Waals surface area contributed by atoms with E-state index in [0.29, 0.717) is 25.1 Å². The summed E-state index contributed by atoms with van der Waals surface area (Å²) >= 11 is 0. The molecule has 1 saturated heterocycles. The number of rotatable bonds is 5. The monoisotopic (exact) mass is 329 g/mol. The Kier molecular flexibility index (Phi) is 4.98. The van der Waals surface area contributed by atoms with Gasteiger partial charge in [-0.15, -0.1) is 0 Å². The molecule has 128 valence electrons. The Morgan fingerprint density at radius 2 is 2.04 bits per heavy atom. The van der Waals surface area contributed by atoms with Crippen molar-refractivity contribution in [2.24, 2.45) is 7.05 Å². The Bertz CT molecular complexity index is 705. The molecule has 3 rings (SSSR count). The van der Waals surface area contributed by atoms with Crippen molar-refractivity contribution < 1.29 is 9.59 Å². The van der Waals surface area contributed by atoms with E-state index < -0.39 is 0 Å². The number of carbonyl (C=O) groups excluding carboxylic acids is 2. The van der Waals surface area contributed by atoms with Crippen molar-refractivity contribution in [3.63, 3.8) is 0 Å². The molecule has 0 unspecified atom stereocenters. The topological polar surface area (TPSA) is 72.2 Å². The molecule has 1 aliphatic heterocycles. The third-order valence-electron chi connectivity index (χ3n) is 4.34. The molecule has 7 heteroatoms. The summed E-state index contributed by atoms with van der Waals surface area (Å²) in [5.41, 5.74) is 0.524. The number of aromatic nitrogens is 3. The number of nitrogens with zero attached hydrogens (tertiary/aromatic N) is 4. The number of carbonyl (C=O) groups is 2.